The summed E-state index contributed by atoms with van der Waals surface area (Å²) < 4.78 is 0. The minimum absolute atomic E-state index is 0.0540. The summed E-state index contributed by atoms with van der Waals surface area (Å²) in [5, 5.41) is 17.5. The van der Waals surface area contributed by atoms with E-state index in [9.17, 15) is 0 Å². The van der Waals surface area contributed by atoms with Gasteiger partial charge in [-0.1, -0.05) is 25.3 Å². The molecule has 0 saturated heterocycles. The van der Waals surface area contributed by atoms with Crippen molar-refractivity contribution in [3.63, 3.8) is 0 Å². The van der Waals surface area contributed by atoms with E-state index in [0.29, 0.717) is 12.8 Å². The van der Waals surface area contributed by atoms with Crippen LogP contribution in [0.1, 0.15) is 12.8 Å². The third kappa shape index (κ3) is 4.39. The zero-order chi connectivity index (χ0) is 8.69. The zero-order valence-electron chi connectivity index (χ0n) is 6.58. The van der Waals surface area contributed by atoms with Gasteiger partial charge in [0.2, 0.25) is 0 Å². The van der Waals surface area contributed by atoms with Crippen molar-refractivity contribution in [2.24, 2.45) is 0 Å². The molecule has 2 N–H and O–H groups in total. The summed E-state index contributed by atoms with van der Waals surface area (Å²) in [7, 11) is 0. The zero-order valence-corrected chi connectivity index (χ0v) is 6.58. The molecule has 0 rings (SSSR count). The summed E-state index contributed by atoms with van der Waals surface area (Å²) in [6.07, 6.45) is 4.56. The van der Waals surface area contributed by atoms with Gasteiger partial charge in [-0.05, 0) is 18.4 Å². The van der Waals surface area contributed by atoms with E-state index in [-0.39, 0.29) is 12.4 Å². The number of rotatable bonds is 5. The highest BCUT2D eigenvalue weighted by Crippen LogP contribution is 2.11. The molecule has 0 atom stereocenters. The van der Waals surface area contributed by atoms with Gasteiger partial charge in [0.05, 0.1) is 0 Å². The Morgan fingerprint density at radius 2 is 2.09 bits per heavy atom. The second kappa shape index (κ2) is 5.74. The van der Waals surface area contributed by atoms with Crippen molar-refractivity contribution in [3.05, 3.63) is 36.6 Å². The Morgan fingerprint density at radius 1 is 1.45 bits per heavy atom. The molecule has 0 aromatic carbocycles. The highest BCUT2D eigenvalue weighted by atomic mass is 16.3. The standard InChI is InChI=1S/C9H14O2/c1-3-5-9(8(2)11)6-4-7-10/h3,5,10-11H,1-2,4,6-7H2/b9-5-. The van der Waals surface area contributed by atoms with E-state index in [1.165, 1.54) is 0 Å². The second-order valence-electron chi connectivity index (χ2n) is 2.20. The Balaban J connectivity index is 4.00. The van der Waals surface area contributed by atoms with Crippen molar-refractivity contribution in [2.45, 2.75) is 12.8 Å². The average Bonchev–Trinajstić information content (AvgIpc) is 1.97. The number of aliphatic hydroxyl groups is 2. The first kappa shape index (κ1) is 9.98. The molecule has 0 spiro atoms. The number of aliphatic hydroxyl groups excluding tert-OH is 2. The Morgan fingerprint density at radius 3 is 2.45 bits per heavy atom. The molecule has 0 aromatic rings. The van der Waals surface area contributed by atoms with Crippen LogP contribution in [0.4, 0.5) is 0 Å². The monoisotopic (exact) mass is 154 g/mol. The minimum atomic E-state index is 0.0540. The molecule has 0 saturated carbocycles. The Labute approximate surface area is 67.2 Å². The molecular weight excluding hydrogens is 140 g/mol. The summed E-state index contributed by atoms with van der Waals surface area (Å²) in [5.74, 6) is 0.0540. The van der Waals surface area contributed by atoms with E-state index in [1.807, 2.05) is 0 Å². The molecule has 0 radical (unpaired) electrons. The molecule has 0 aliphatic heterocycles. The molecule has 0 heterocycles. The van der Waals surface area contributed by atoms with Crippen LogP contribution < -0.4 is 0 Å². The normalized spacial score (nSPS) is 11.2. The molecule has 0 bridgehead atoms. The molecule has 0 aliphatic rings. The molecule has 62 valence electrons. The summed E-state index contributed by atoms with van der Waals surface area (Å²) in [5.41, 5.74) is 0.731. The van der Waals surface area contributed by atoms with Gasteiger partial charge in [-0.2, -0.15) is 0 Å². The minimum Gasteiger partial charge on any atom is -0.508 e. The van der Waals surface area contributed by atoms with Crippen LogP contribution in [0.15, 0.2) is 36.6 Å². The Kier molecular flexibility index (Phi) is 5.21. The fourth-order valence-corrected chi connectivity index (χ4v) is 0.736. The lowest BCUT2D eigenvalue weighted by molar-refractivity contribution is 0.287. The van der Waals surface area contributed by atoms with E-state index in [1.54, 1.807) is 12.2 Å². The SMILES string of the molecule is C=C/C=C(/CCCO)C(=C)O. The van der Waals surface area contributed by atoms with Gasteiger partial charge >= 0.3 is 0 Å². The van der Waals surface area contributed by atoms with Crippen LogP contribution >= 0.6 is 0 Å². The molecule has 0 fully saturated rings. The third-order valence-corrected chi connectivity index (χ3v) is 1.29. The van der Waals surface area contributed by atoms with Crippen molar-refractivity contribution in [2.75, 3.05) is 6.61 Å². The van der Waals surface area contributed by atoms with E-state index in [0.717, 1.165) is 5.57 Å². The first-order valence-electron chi connectivity index (χ1n) is 3.53. The molecule has 0 aromatic heterocycles. The van der Waals surface area contributed by atoms with E-state index >= 15 is 0 Å². The third-order valence-electron chi connectivity index (χ3n) is 1.29. The van der Waals surface area contributed by atoms with Gasteiger partial charge in [-0.3, -0.25) is 0 Å². The summed E-state index contributed by atoms with van der Waals surface area (Å²) in [4.78, 5) is 0. The van der Waals surface area contributed by atoms with Crippen LogP contribution in [0, 0.1) is 0 Å². The summed E-state index contributed by atoms with van der Waals surface area (Å²) in [6, 6.07) is 0. The molecule has 2 heteroatoms. The van der Waals surface area contributed by atoms with Gasteiger partial charge in [-0.15, -0.1) is 0 Å². The van der Waals surface area contributed by atoms with E-state index in [4.69, 9.17) is 10.2 Å². The second-order valence-corrected chi connectivity index (χ2v) is 2.20. The van der Waals surface area contributed by atoms with Gasteiger partial charge < -0.3 is 10.2 Å². The van der Waals surface area contributed by atoms with Gasteiger partial charge in [0.25, 0.3) is 0 Å². The largest absolute Gasteiger partial charge is 0.508 e. The predicted octanol–water partition coefficient (Wildman–Crippen LogP) is 1.94. The maximum Gasteiger partial charge on any atom is 0.111 e. The number of hydrogen-bond donors (Lipinski definition) is 2. The van der Waals surface area contributed by atoms with Crippen LogP contribution in [0.25, 0.3) is 0 Å². The molecule has 0 amide bonds. The molecule has 2 nitrogen and oxygen atoms in total. The van der Waals surface area contributed by atoms with Crippen molar-refractivity contribution in [1.29, 1.82) is 0 Å². The van der Waals surface area contributed by atoms with Crippen LogP contribution in [0.5, 0.6) is 0 Å². The van der Waals surface area contributed by atoms with Crippen LogP contribution in [-0.4, -0.2) is 16.8 Å². The van der Waals surface area contributed by atoms with E-state index < -0.39 is 0 Å². The first-order valence-corrected chi connectivity index (χ1v) is 3.53. The molecule has 0 unspecified atom stereocenters. The van der Waals surface area contributed by atoms with Gasteiger partial charge in [-0.25, -0.2) is 0 Å². The fourth-order valence-electron chi connectivity index (χ4n) is 0.736. The van der Waals surface area contributed by atoms with Crippen molar-refractivity contribution < 1.29 is 10.2 Å². The maximum atomic E-state index is 8.98. The first-order chi connectivity index (χ1) is 5.22. The van der Waals surface area contributed by atoms with Gasteiger partial charge in [0.1, 0.15) is 5.76 Å². The fraction of sp³-hybridized carbons (Fsp3) is 0.333. The lowest BCUT2D eigenvalue weighted by atomic mass is 10.1. The topological polar surface area (TPSA) is 40.5 Å². The highest BCUT2D eigenvalue weighted by Gasteiger charge is 1.97. The molecular formula is C9H14O2. The maximum absolute atomic E-state index is 8.98. The van der Waals surface area contributed by atoms with Gasteiger partial charge in [0.15, 0.2) is 0 Å². The highest BCUT2D eigenvalue weighted by molar-refractivity contribution is 5.25. The van der Waals surface area contributed by atoms with Crippen LogP contribution in [0.3, 0.4) is 0 Å². The quantitative estimate of drug-likeness (QED) is 0.469. The summed E-state index contributed by atoms with van der Waals surface area (Å²) >= 11 is 0. The van der Waals surface area contributed by atoms with Crippen molar-refractivity contribution in [1.82, 2.24) is 0 Å². The summed E-state index contributed by atoms with van der Waals surface area (Å²) in [6.45, 7) is 7.01. The lowest BCUT2D eigenvalue weighted by Crippen LogP contribution is -1.90. The number of allylic oxidation sites excluding steroid dienone is 3. The molecule has 11 heavy (non-hydrogen) atoms. The van der Waals surface area contributed by atoms with E-state index in [2.05, 4.69) is 13.2 Å². The predicted molar refractivity (Wildman–Crippen MR) is 46.4 cm³/mol. The average molecular weight is 154 g/mol. The molecule has 0 aliphatic carbocycles. The van der Waals surface area contributed by atoms with Crippen molar-refractivity contribution in [3.8, 4) is 0 Å². The number of hydrogen-bond acceptors (Lipinski definition) is 2. The Bertz CT molecular complexity index is 168. The van der Waals surface area contributed by atoms with Crippen molar-refractivity contribution >= 4 is 0 Å². The lowest BCUT2D eigenvalue weighted by Gasteiger charge is -2.02. The van der Waals surface area contributed by atoms with Crippen LogP contribution in [-0.2, 0) is 0 Å². The smallest absolute Gasteiger partial charge is 0.111 e. The van der Waals surface area contributed by atoms with Crippen LogP contribution in [0.2, 0.25) is 0 Å². The Hall–Kier alpha value is -1.02. The van der Waals surface area contributed by atoms with Gasteiger partial charge in [0, 0.05) is 6.61 Å².